The van der Waals surface area contributed by atoms with Gasteiger partial charge < -0.3 is 4.57 Å². The Morgan fingerprint density at radius 1 is 1.44 bits per heavy atom. The van der Waals surface area contributed by atoms with Crippen molar-refractivity contribution in [2.75, 3.05) is 0 Å². The normalized spacial score (nSPS) is 11.7. The number of nitrogens with zero attached hydrogens (tertiary/aromatic N) is 2. The molecule has 2 aromatic heterocycles. The maximum absolute atomic E-state index is 10.6. The van der Waals surface area contributed by atoms with Crippen LogP contribution in [0.4, 0.5) is 0 Å². The number of aldehydes is 1. The summed E-state index contributed by atoms with van der Waals surface area (Å²) < 4.78 is 1.95. The molecule has 0 fully saturated rings. The second kappa shape index (κ2) is 3.87. The molecule has 0 aliphatic heterocycles. The monoisotopic (exact) mass is 234 g/mol. The minimum Gasteiger partial charge on any atom is -0.305 e. The first kappa shape index (κ1) is 11.1. The summed E-state index contributed by atoms with van der Waals surface area (Å²) in [6.45, 7) is 6.39. The molecule has 0 radical (unpaired) electrons. The Balaban J connectivity index is 2.35. The van der Waals surface area contributed by atoms with Gasteiger partial charge in [-0.3, -0.25) is 4.79 Å². The van der Waals surface area contributed by atoms with Gasteiger partial charge >= 0.3 is 0 Å². The molecular formula is C12H14N2OS. The van der Waals surface area contributed by atoms with Crippen LogP contribution in [0.3, 0.4) is 0 Å². The lowest BCUT2D eigenvalue weighted by Gasteiger charge is -2.13. The summed E-state index contributed by atoms with van der Waals surface area (Å²) >= 11 is 1.44. The van der Waals surface area contributed by atoms with Crippen LogP contribution in [-0.4, -0.2) is 15.8 Å². The van der Waals surface area contributed by atoms with Crippen LogP contribution in [0, 0.1) is 0 Å². The highest BCUT2D eigenvalue weighted by Crippen LogP contribution is 2.23. The van der Waals surface area contributed by atoms with Crippen LogP contribution in [-0.2, 0) is 5.41 Å². The van der Waals surface area contributed by atoms with Gasteiger partial charge in [-0.25, -0.2) is 4.98 Å². The van der Waals surface area contributed by atoms with E-state index in [2.05, 4.69) is 25.8 Å². The molecule has 0 bridgehead atoms. The highest BCUT2D eigenvalue weighted by atomic mass is 32.1. The number of hydrogen-bond donors (Lipinski definition) is 0. The summed E-state index contributed by atoms with van der Waals surface area (Å²) in [7, 11) is 0. The Morgan fingerprint density at radius 2 is 2.19 bits per heavy atom. The third-order valence-corrected chi connectivity index (χ3v) is 3.22. The first-order valence-electron chi connectivity index (χ1n) is 5.09. The molecule has 0 saturated heterocycles. The molecule has 2 heterocycles. The molecule has 0 unspecified atom stereocenters. The molecule has 2 aromatic rings. The highest BCUT2D eigenvalue weighted by molar-refractivity contribution is 7.12. The van der Waals surface area contributed by atoms with E-state index in [0.717, 1.165) is 22.5 Å². The van der Waals surface area contributed by atoms with Crippen molar-refractivity contribution in [3.8, 4) is 5.69 Å². The lowest BCUT2D eigenvalue weighted by molar-refractivity contribution is 0.112. The van der Waals surface area contributed by atoms with Gasteiger partial charge in [0.2, 0.25) is 0 Å². The molecule has 0 aromatic carbocycles. The van der Waals surface area contributed by atoms with E-state index < -0.39 is 0 Å². The average Bonchev–Trinajstić information content (AvgIpc) is 2.85. The van der Waals surface area contributed by atoms with Crippen molar-refractivity contribution >= 4 is 17.6 Å². The number of carbonyl (C=O) groups is 1. The van der Waals surface area contributed by atoms with E-state index in [0.29, 0.717) is 0 Å². The van der Waals surface area contributed by atoms with Crippen LogP contribution in [0.2, 0.25) is 0 Å². The van der Waals surface area contributed by atoms with Crippen molar-refractivity contribution in [1.82, 2.24) is 9.55 Å². The summed E-state index contributed by atoms with van der Waals surface area (Å²) in [4.78, 5) is 15.7. The topological polar surface area (TPSA) is 34.9 Å². The molecule has 0 atom stereocenters. The third kappa shape index (κ3) is 2.07. The van der Waals surface area contributed by atoms with E-state index in [4.69, 9.17) is 0 Å². The van der Waals surface area contributed by atoms with Gasteiger partial charge in [-0.1, -0.05) is 20.8 Å². The predicted octanol–water partition coefficient (Wildman–Crippen LogP) is 3.04. The summed E-state index contributed by atoms with van der Waals surface area (Å²) in [5, 5.41) is 1.96. The molecule has 84 valence electrons. The summed E-state index contributed by atoms with van der Waals surface area (Å²) in [5.41, 5.74) is 2.09. The minimum atomic E-state index is 0.0504. The smallest absolute Gasteiger partial charge is 0.160 e. The molecule has 0 spiro atoms. The Bertz CT molecular complexity index is 505. The largest absolute Gasteiger partial charge is 0.305 e. The maximum Gasteiger partial charge on any atom is 0.160 e. The lowest BCUT2D eigenvalue weighted by atomic mass is 9.93. The number of thiophene rings is 1. The zero-order chi connectivity index (χ0) is 11.8. The molecule has 0 aliphatic carbocycles. The van der Waals surface area contributed by atoms with Gasteiger partial charge in [0.1, 0.15) is 0 Å². The van der Waals surface area contributed by atoms with E-state index in [1.54, 1.807) is 6.33 Å². The first-order chi connectivity index (χ1) is 7.50. The summed E-state index contributed by atoms with van der Waals surface area (Å²) in [5.74, 6) is 0. The summed E-state index contributed by atoms with van der Waals surface area (Å²) in [6, 6.07) is 1.87. The molecule has 0 aliphatic rings. The molecule has 3 nitrogen and oxygen atoms in total. The average molecular weight is 234 g/mol. The van der Waals surface area contributed by atoms with E-state index in [9.17, 15) is 4.79 Å². The van der Waals surface area contributed by atoms with Crippen LogP contribution >= 0.6 is 11.3 Å². The van der Waals surface area contributed by atoms with Gasteiger partial charge in [-0.15, -0.1) is 11.3 Å². The minimum absolute atomic E-state index is 0.0504. The highest BCUT2D eigenvalue weighted by Gasteiger charge is 2.17. The van der Waals surface area contributed by atoms with Crippen LogP contribution in [0.15, 0.2) is 24.0 Å². The van der Waals surface area contributed by atoms with Crippen molar-refractivity contribution in [2.45, 2.75) is 26.2 Å². The van der Waals surface area contributed by atoms with E-state index in [1.807, 2.05) is 22.2 Å². The molecule has 2 rings (SSSR count). The Labute approximate surface area is 98.8 Å². The van der Waals surface area contributed by atoms with Crippen LogP contribution in [0.5, 0.6) is 0 Å². The first-order valence-corrected chi connectivity index (χ1v) is 5.97. The van der Waals surface area contributed by atoms with E-state index >= 15 is 0 Å². The summed E-state index contributed by atoms with van der Waals surface area (Å²) in [6.07, 6.45) is 4.67. The Hall–Kier alpha value is -1.42. The van der Waals surface area contributed by atoms with Crippen molar-refractivity contribution in [1.29, 1.82) is 0 Å². The third-order valence-electron chi connectivity index (χ3n) is 2.37. The van der Waals surface area contributed by atoms with Gasteiger partial charge in [0.05, 0.1) is 22.6 Å². The number of aromatic nitrogens is 2. The second-order valence-corrected chi connectivity index (χ2v) is 5.68. The maximum atomic E-state index is 10.6. The predicted molar refractivity (Wildman–Crippen MR) is 65.5 cm³/mol. The number of imidazole rings is 1. The molecule has 0 N–H and O–H groups in total. The molecule has 16 heavy (non-hydrogen) atoms. The Kier molecular flexibility index (Phi) is 2.68. The molecule has 0 saturated carbocycles. The molecule has 0 amide bonds. The van der Waals surface area contributed by atoms with E-state index in [1.165, 1.54) is 11.3 Å². The molecule has 4 heteroatoms. The van der Waals surface area contributed by atoms with Gasteiger partial charge in [0.25, 0.3) is 0 Å². The fourth-order valence-corrected chi connectivity index (χ4v) is 2.08. The quantitative estimate of drug-likeness (QED) is 0.748. The second-order valence-electron chi connectivity index (χ2n) is 4.74. The van der Waals surface area contributed by atoms with Crippen LogP contribution in [0.1, 0.15) is 36.1 Å². The van der Waals surface area contributed by atoms with Gasteiger partial charge in [0.15, 0.2) is 6.29 Å². The number of carbonyl (C=O) groups excluding carboxylic acids is 1. The zero-order valence-corrected chi connectivity index (χ0v) is 10.4. The SMILES string of the molecule is CC(C)(C)c1cn(-c2csc(C=O)c2)cn1. The van der Waals surface area contributed by atoms with Crippen molar-refractivity contribution < 1.29 is 4.79 Å². The van der Waals surface area contributed by atoms with Crippen molar-refractivity contribution in [3.63, 3.8) is 0 Å². The van der Waals surface area contributed by atoms with Gasteiger partial charge in [0, 0.05) is 17.0 Å². The lowest BCUT2D eigenvalue weighted by Crippen LogP contribution is -2.11. The fourth-order valence-electron chi connectivity index (χ4n) is 1.39. The molecular weight excluding hydrogens is 220 g/mol. The van der Waals surface area contributed by atoms with Gasteiger partial charge in [-0.2, -0.15) is 0 Å². The van der Waals surface area contributed by atoms with Gasteiger partial charge in [-0.05, 0) is 6.07 Å². The van der Waals surface area contributed by atoms with Crippen molar-refractivity contribution in [3.05, 3.63) is 34.5 Å². The van der Waals surface area contributed by atoms with Crippen LogP contribution < -0.4 is 0 Å². The Morgan fingerprint density at radius 3 is 2.69 bits per heavy atom. The standard InChI is InChI=1S/C12H14N2OS/c1-12(2,3)11-5-14(8-13-11)9-4-10(6-15)16-7-9/h4-8H,1-3H3. The number of hydrogen-bond acceptors (Lipinski definition) is 3. The van der Waals surface area contributed by atoms with E-state index in [-0.39, 0.29) is 5.41 Å². The van der Waals surface area contributed by atoms with Crippen LogP contribution in [0.25, 0.3) is 5.69 Å². The van der Waals surface area contributed by atoms with Crippen molar-refractivity contribution in [2.24, 2.45) is 0 Å². The fraction of sp³-hybridized carbons (Fsp3) is 0.333. The zero-order valence-electron chi connectivity index (χ0n) is 9.60. The number of rotatable bonds is 2.